The Bertz CT molecular complexity index is 490. The highest BCUT2D eigenvalue weighted by molar-refractivity contribution is 5.73. The summed E-state index contributed by atoms with van der Waals surface area (Å²) in [5.74, 6) is -0.427. The minimum atomic E-state index is -0.921. The van der Waals surface area contributed by atoms with Crippen molar-refractivity contribution in [1.29, 1.82) is 0 Å². The predicted octanol–water partition coefficient (Wildman–Crippen LogP) is 1.73. The normalized spacial score (nSPS) is 11.9. The number of nitro groups is 1. The number of carboxylic acids is 1. The molecule has 1 aromatic carbocycles. The second-order valence-electron chi connectivity index (χ2n) is 4.29. The summed E-state index contributed by atoms with van der Waals surface area (Å²) in [5.41, 5.74) is 0.544. The molecule has 1 atom stereocenters. The molecular weight excluding hydrogens is 264 g/mol. The quantitative estimate of drug-likeness (QED) is 0.556. The van der Waals surface area contributed by atoms with Gasteiger partial charge in [0.25, 0.3) is 5.69 Å². The second-order valence-corrected chi connectivity index (χ2v) is 4.29. The minimum absolute atomic E-state index is 0.0356. The molecule has 0 aliphatic rings. The molecule has 0 fully saturated rings. The van der Waals surface area contributed by atoms with Crippen molar-refractivity contribution in [3.05, 3.63) is 33.9 Å². The number of aliphatic carboxylic acids is 1. The van der Waals surface area contributed by atoms with Crippen LogP contribution in [0.4, 0.5) is 5.69 Å². The number of carboxylic acid groups (broad SMARTS) is 1. The van der Waals surface area contributed by atoms with Gasteiger partial charge in [0, 0.05) is 18.1 Å². The summed E-state index contributed by atoms with van der Waals surface area (Å²) in [6, 6.07) is 3.80. The number of carbonyl (C=O) groups is 1. The minimum Gasteiger partial charge on any atom is -0.494 e. The van der Waals surface area contributed by atoms with E-state index in [-0.39, 0.29) is 12.3 Å². The molecule has 0 radical (unpaired) electrons. The first-order valence-corrected chi connectivity index (χ1v) is 6.29. The van der Waals surface area contributed by atoms with Gasteiger partial charge in [-0.25, -0.2) is 0 Å². The number of aryl methyl sites for hydroxylation is 1. The summed E-state index contributed by atoms with van der Waals surface area (Å²) >= 11 is 0. The Hall–Kier alpha value is -2.15. The van der Waals surface area contributed by atoms with Gasteiger partial charge < -0.3 is 15.2 Å². The Labute approximate surface area is 116 Å². The fraction of sp³-hybridized carbons (Fsp3) is 0.462. The molecule has 0 spiro atoms. The van der Waals surface area contributed by atoms with Gasteiger partial charge >= 0.3 is 5.97 Å². The molecule has 110 valence electrons. The van der Waals surface area contributed by atoms with E-state index in [1.807, 2.05) is 6.92 Å². The van der Waals surface area contributed by atoms with Crippen LogP contribution in [-0.4, -0.2) is 35.2 Å². The number of hydrogen-bond acceptors (Lipinski definition) is 5. The fourth-order valence-electron chi connectivity index (χ4n) is 1.78. The molecule has 20 heavy (non-hydrogen) atoms. The zero-order chi connectivity index (χ0) is 15.1. The van der Waals surface area contributed by atoms with Crippen molar-refractivity contribution in [2.24, 2.45) is 0 Å². The lowest BCUT2D eigenvalue weighted by Gasteiger charge is -2.13. The molecule has 7 nitrogen and oxygen atoms in total. The standard InChI is InChI=1S/C13H18N2O5/c1-3-14-11(13(16)17)6-7-20-10-4-5-12(15(18)19)9(2)8-10/h4-5,8,11,14H,3,6-7H2,1-2H3,(H,16,17). The molecule has 0 saturated heterocycles. The Balaban J connectivity index is 2.55. The van der Waals surface area contributed by atoms with Crippen LogP contribution in [0.3, 0.4) is 0 Å². The van der Waals surface area contributed by atoms with Crippen molar-refractivity contribution in [1.82, 2.24) is 5.32 Å². The van der Waals surface area contributed by atoms with Crippen LogP contribution in [0.15, 0.2) is 18.2 Å². The van der Waals surface area contributed by atoms with E-state index < -0.39 is 16.9 Å². The first-order chi connectivity index (χ1) is 9.45. The SMILES string of the molecule is CCNC(CCOc1ccc([N+](=O)[O-])c(C)c1)C(=O)O. The van der Waals surface area contributed by atoms with Crippen molar-refractivity contribution >= 4 is 11.7 Å². The van der Waals surface area contributed by atoms with E-state index in [0.29, 0.717) is 24.3 Å². The van der Waals surface area contributed by atoms with Gasteiger partial charge in [0.15, 0.2) is 0 Å². The van der Waals surface area contributed by atoms with Crippen molar-refractivity contribution in [2.45, 2.75) is 26.3 Å². The third kappa shape index (κ3) is 4.51. The highest BCUT2D eigenvalue weighted by Gasteiger charge is 2.16. The number of nitro benzene ring substituents is 1. The second kappa shape index (κ2) is 7.44. The number of ether oxygens (including phenoxy) is 1. The maximum atomic E-state index is 10.9. The lowest BCUT2D eigenvalue weighted by Crippen LogP contribution is -2.37. The summed E-state index contributed by atoms with van der Waals surface area (Å²) in [7, 11) is 0. The van der Waals surface area contributed by atoms with Gasteiger partial charge in [-0.3, -0.25) is 14.9 Å². The smallest absolute Gasteiger partial charge is 0.320 e. The summed E-state index contributed by atoms with van der Waals surface area (Å²) < 4.78 is 5.42. The van der Waals surface area contributed by atoms with Crippen LogP contribution < -0.4 is 10.1 Å². The van der Waals surface area contributed by atoms with E-state index in [1.165, 1.54) is 12.1 Å². The van der Waals surface area contributed by atoms with Crippen LogP contribution in [0.25, 0.3) is 0 Å². The first-order valence-electron chi connectivity index (χ1n) is 6.29. The highest BCUT2D eigenvalue weighted by atomic mass is 16.6. The Kier molecular flexibility index (Phi) is 5.92. The largest absolute Gasteiger partial charge is 0.494 e. The van der Waals surface area contributed by atoms with Crippen LogP contribution in [0.5, 0.6) is 5.75 Å². The molecule has 0 saturated carbocycles. The Morgan fingerprint density at radius 3 is 2.75 bits per heavy atom. The van der Waals surface area contributed by atoms with E-state index in [4.69, 9.17) is 9.84 Å². The van der Waals surface area contributed by atoms with Crippen LogP contribution >= 0.6 is 0 Å². The molecule has 7 heteroatoms. The van der Waals surface area contributed by atoms with E-state index >= 15 is 0 Å². The molecule has 0 bridgehead atoms. The Morgan fingerprint density at radius 1 is 1.55 bits per heavy atom. The molecule has 0 aliphatic heterocycles. The van der Waals surface area contributed by atoms with Gasteiger partial charge in [0.2, 0.25) is 0 Å². The molecule has 0 heterocycles. The zero-order valence-corrected chi connectivity index (χ0v) is 11.5. The number of benzene rings is 1. The number of rotatable bonds is 8. The predicted molar refractivity (Wildman–Crippen MR) is 73.0 cm³/mol. The van der Waals surface area contributed by atoms with Gasteiger partial charge in [-0.15, -0.1) is 0 Å². The maximum absolute atomic E-state index is 10.9. The topological polar surface area (TPSA) is 102 Å². The van der Waals surface area contributed by atoms with Gasteiger partial charge in [0.05, 0.1) is 11.5 Å². The monoisotopic (exact) mass is 282 g/mol. The number of nitrogens with one attached hydrogen (secondary N) is 1. The summed E-state index contributed by atoms with van der Waals surface area (Å²) in [6.45, 7) is 4.25. The third-order valence-electron chi connectivity index (χ3n) is 2.79. The van der Waals surface area contributed by atoms with Crippen LogP contribution in [-0.2, 0) is 4.79 Å². The number of likely N-dealkylation sites (N-methyl/N-ethyl adjacent to an activating group) is 1. The average Bonchev–Trinajstić information content (AvgIpc) is 2.37. The molecule has 0 amide bonds. The van der Waals surface area contributed by atoms with Crippen molar-refractivity contribution in [2.75, 3.05) is 13.2 Å². The van der Waals surface area contributed by atoms with Crippen LogP contribution in [0.2, 0.25) is 0 Å². The molecular formula is C13H18N2O5. The average molecular weight is 282 g/mol. The lowest BCUT2D eigenvalue weighted by atomic mass is 10.2. The van der Waals surface area contributed by atoms with Crippen molar-refractivity contribution in [3.8, 4) is 5.75 Å². The van der Waals surface area contributed by atoms with Crippen molar-refractivity contribution in [3.63, 3.8) is 0 Å². The fourth-order valence-corrected chi connectivity index (χ4v) is 1.78. The van der Waals surface area contributed by atoms with E-state index in [2.05, 4.69) is 5.32 Å². The van der Waals surface area contributed by atoms with Gasteiger partial charge in [-0.05, 0) is 25.6 Å². The third-order valence-corrected chi connectivity index (χ3v) is 2.79. The first kappa shape index (κ1) is 15.9. The highest BCUT2D eigenvalue weighted by Crippen LogP contribution is 2.23. The van der Waals surface area contributed by atoms with E-state index in [9.17, 15) is 14.9 Å². The van der Waals surface area contributed by atoms with E-state index in [1.54, 1.807) is 13.0 Å². The molecule has 2 N–H and O–H groups in total. The number of nitrogens with zero attached hydrogens (tertiary/aromatic N) is 1. The van der Waals surface area contributed by atoms with Crippen LogP contribution in [0, 0.1) is 17.0 Å². The van der Waals surface area contributed by atoms with Gasteiger partial charge in [-0.1, -0.05) is 6.92 Å². The molecule has 1 rings (SSSR count). The zero-order valence-electron chi connectivity index (χ0n) is 11.5. The van der Waals surface area contributed by atoms with E-state index in [0.717, 1.165) is 0 Å². The van der Waals surface area contributed by atoms with Gasteiger partial charge in [-0.2, -0.15) is 0 Å². The molecule has 0 aromatic heterocycles. The van der Waals surface area contributed by atoms with Crippen molar-refractivity contribution < 1.29 is 19.6 Å². The Morgan fingerprint density at radius 2 is 2.25 bits per heavy atom. The summed E-state index contributed by atoms with van der Waals surface area (Å²) in [4.78, 5) is 21.1. The lowest BCUT2D eigenvalue weighted by molar-refractivity contribution is -0.385. The molecule has 1 unspecified atom stereocenters. The summed E-state index contributed by atoms with van der Waals surface area (Å²) in [6.07, 6.45) is 0.319. The molecule has 0 aliphatic carbocycles. The molecule has 1 aromatic rings. The van der Waals surface area contributed by atoms with Crippen LogP contribution in [0.1, 0.15) is 18.9 Å². The number of hydrogen-bond donors (Lipinski definition) is 2. The van der Waals surface area contributed by atoms with Gasteiger partial charge in [0.1, 0.15) is 11.8 Å². The summed E-state index contributed by atoms with van der Waals surface area (Å²) in [5, 5.41) is 22.5. The maximum Gasteiger partial charge on any atom is 0.320 e.